The summed E-state index contributed by atoms with van der Waals surface area (Å²) in [7, 11) is 0. The van der Waals surface area contributed by atoms with Gasteiger partial charge in [-0.2, -0.15) is 0 Å². The standard InChI is InChI=1S/C3H2O7.2Ca.2Cr.4H/c4-1(5)9-3(8)10-2(6)7;;;;;;;;/h(H,4,5)(H,6,7);;;;;;;;/q;2*+2;;;4*-1. The third kappa shape index (κ3) is 23.5. The van der Waals surface area contributed by atoms with Gasteiger partial charge in [-0.3, -0.25) is 0 Å². The van der Waals surface area contributed by atoms with Gasteiger partial charge >= 0.3 is 93.9 Å². The Labute approximate surface area is 166 Å². The molecule has 0 aromatic rings. The van der Waals surface area contributed by atoms with E-state index in [9.17, 15) is 14.4 Å². The van der Waals surface area contributed by atoms with Crippen molar-refractivity contribution in [3.8, 4) is 0 Å². The summed E-state index contributed by atoms with van der Waals surface area (Å²) in [4.78, 5) is 28.8. The van der Waals surface area contributed by atoms with Gasteiger partial charge in [0.05, 0.1) is 0 Å². The summed E-state index contributed by atoms with van der Waals surface area (Å²) < 4.78 is 6.47. The zero-order chi connectivity index (χ0) is 8.15. The Bertz CT molecular complexity index is 182. The van der Waals surface area contributed by atoms with Crippen LogP contribution in [0.25, 0.3) is 0 Å². The molecule has 0 bridgehead atoms. The first-order valence-corrected chi connectivity index (χ1v) is 1.88. The third-order valence-corrected chi connectivity index (χ3v) is 0.341. The van der Waals surface area contributed by atoms with E-state index in [0.717, 1.165) is 0 Å². The van der Waals surface area contributed by atoms with E-state index in [1.807, 2.05) is 0 Å². The van der Waals surface area contributed by atoms with Crippen molar-refractivity contribution in [1.82, 2.24) is 0 Å². The quantitative estimate of drug-likeness (QED) is 0.368. The van der Waals surface area contributed by atoms with Gasteiger partial charge in [0, 0.05) is 34.7 Å². The molecule has 0 radical (unpaired) electrons. The predicted octanol–water partition coefficient (Wildman–Crippen LogP) is 0.179. The van der Waals surface area contributed by atoms with E-state index in [2.05, 4.69) is 9.47 Å². The van der Waals surface area contributed by atoms with Crippen LogP contribution in [0.1, 0.15) is 5.71 Å². The van der Waals surface area contributed by atoms with Gasteiger partial charge in [0.25, 0.3) is 0 Å². The average molecular weight is 338 g/mol. The summed E-state index contributed by atoms with van der Waals surface area (Å²) in [6.07, 6.45) is -5.64. The van der Waals surface area contributed by atoms with Crippen LogP contribution in [0.5, 0.6) is 0 Å². The molecular weight excluding hydrogens is 332 g/mol. The molecule has 11 heteroatoms. The fourth-order valence-corrected chi connectivity index (χ4v) is 0.163. The number of carbonyl (C=O) groups excluding carboxylic acids is 1. The number of hydrogen-bond acceptors (Lipinski definition) is 5. The fraction of sp³-hybridized carbons (Fsp3) is 0. The molecule has 0 atom stereocenters. The van der Waals surface area contributed by atoms with E-state index in [0.29, 0.717) is 0 Å². The van der Waals surface area contributed by atoms with Crippen LogP contribution in [0.15, 0.2) is 0 Å². The Morgan fingerprint density at radius 3 is 1.21 bits per heavy atom. The molecule has 14 heavy (non-hydrogen) atoms. The van der Waals surface area contributed by atoms with Gasteiger partial charge in [0.1, 0.15) is 0 Å². The van der Waals surface area contributed by atoms with Gasteiger partial charge in [-0.05, 0) is 0 Å². The van der Waals surface area contributed by atoms with Crippen molar-refractivity contribution in [3.05, 3.63) is 0 Å². The van der Waals surface area contributed by atoms with Gasteiger partial charge in [0.2, 0.25) is 0 Å². The molecule has 0 aliphatic heterocycles. The van der Waals surface area contributed by atoms with E-state index < -0.39 is 18.5 Å². The van der Waals surface area contributed by atoms with Crippen LogP contribution in [0.4, 0.5) is 14.4 Å². The first-order chi connectivity index (χ1) is 4.52. The minimum Gasteiger partial charge on any atom is -1.00 e. The number of ether oxygens (including phenoxy) is 2. The molecular formula is C3H6Ca2Cr2O7. The monoisotopic (exact) mass is 338 g/mol. The topological polar surface area (TPSA) is 110 Å². The van der Waals surface area contributed by atoms with Crippen LogP contribution < -0.4 is 0 Å². The van der Waals surface area contributed by atoms with E-state index in [-0.39, 0.29) is 116 Å². The Balaban J connectivity index is -0.0000000145. The van der Waals surface area contributed by atoms with Gasteiger partial charge < -0.3 is 25.4 Å². The van der Waals surface area contributed by atoms with Crippen molar-refractivity contribution >= 4 is 93.9 Å². The Hall–Kier alpha value is 1.79. The molecule has 7 nitrogen and oxygen atoms in total. The molecule has 0 aliphatic carbocycles. The van der Waals surface area contributed by atoms with Crippen molar-refractivity contribution in [3.63, 3.8) is 0 Å². The van der Waals surface area contributed by atoms with E-state index in [4.69, 9.17) is 10.2 Å². The van der Waals surface area contributed by atoms with Crippen LogP contribution in [0, 0.1) is 0 Å². The Morgan fingerprint density at radius 1 is 0.857 bits per heavy atom. The molecule has 0 amide bonds. The van der Waals surface area contributed by atoms with E-state index in [1.165, 1.54) is 0 Å². The van der Waals surface area contributed by atoms with Gasteiger partial charge in [0.15, 0.2) is 0 Å². The second-order valence-corrected chi connectivity index (χ2v) is 0.986. The number of rotatable bonds is 0. The number of carboxylic acid groups (broad SMARTS) is 2. The summed E-state index contributed by atoms with van der Waals surface area (Å²) in [5.74, 6) is 0. The maximum Gasteiger partial charge on any atom is 2.00 e. The van der Waals surface area contributed by atoms with Crippen LogP contribution in [-0.4, -0.2) is 104 Å². The van der Waals surface area contributed by atoms with Gasteiger partial charge in [-0.1, -0.05) is 0 Å². The summed E-state index contributed by atoms with van der Waals surface area (Å²) in [6.45, 7) is 0. The van der Waals surface area contributed by atoms with Crippen LogP contribution >= 0.6 is 0 Å². The number of hydrogen-bond donors (Lipinski definition) is 2. The molecule has 0 unspecified atom stereocenters. The normalized spacial score (nSPS) is 5.71. The Kier molecular flexibility index (Phi) is 36.4. The largest absolute Gasteiger partial charge is 2.00 e. The summed E-state index contributed by atoms with van der Waals surface area (Å²) in [5, 5.41) is 15.4. The second-order valence-electron chi connectivity index (χ2n) is 0.986. The van der Waals surface area contributed by atoms with Crippen molar-refractivity contribution in [1.29, 1.82) is 0 Å². The fourth-order valence-electron chi connectivity index (χ4n) is 0.163. The maximum atomic E-state index is 9.86. The minimum absolute atomic E-state index is 0. The van der Waals surface area contributed by atoms with Crippen molar-refractivity contribution in [2.75, 3.05) is 0 Å². The molecule has 0 aromatic carbocycles. The van der Waals surface area contributed by atoms with Gasteiger partial charge in [-0.15, -0.1) is 0 Å². The van der Waals surface area contributed by atoms with Crippen molar-refractivity contribution in [2.24, 2.45) is 0 Å². The second kappa shape index (κ2) is 17.2. The first kappa shape index (κ1) is 29.7. The summed E-state index contributed by atoms with van der Waals surface area (Å²) in [6, 6.07) is 0. The molecule has 2 N–H and O–H groups in total. The molecule has 0 rings (SSSR count). The SMILES string of the molecule is O=C(O)OC(=O)OC(=O)O.[Ca+2].[Ca+2].[Cr].[Cr].[H-].[H-].[H-].[H-]. The minimum atomic E-state index is -1.92. The Morgan fingerprint density at radius 2 is 1.07 bits per heavy atom. The smallest absolute Gasteiger partial charge is 1.00 e. The molecule has 0 saturated carbocycles. The van der Waals surface area contributed by atoms with Crippen LogP contribution in [0.3, 0.4) is 0 Å². The molecule has 0 heterocycles. The van der Waals surface area contributed by atoms with Gasteiger partial charge in [-0.25, -0.2) is 14.4 Å². The predicted molar refractivity (Wildman–Crippen MR) is 39.6 cm³/mol. The van der Waals surface area contributed by atoms with E-state index in [1.54, 1.807) is 0 Å². The molecule has 76 valence electrons. The average Bonchev–Trinajstić information content (AvgIpc) is 1.58. The summed E-state index contributed by atoms with van der Waals surface area (Å²) >= 11 is 0. The van der Waals surface area contributed by atoms with Crippen LogP contribution in [0.2, 0.25) is 0 Å². The molecule has 0 aromatic heterocycles. The third-order valence-electron chi connectivity index (χ3n) is 0.341. The van der Waals surface area contributed by atoms with Crippen molar-refractivity contribution in [2.45, 2.75) is 0 Å². The summed E-state index contributed by atoms with van der Waals surface area (Å²) in [5.41, 5.74) is 0. The zero-order valence-corrected chi connectivity index (χ0v) is 13.6. The van der Waals surface area contributed by atoms with Crippen LogP contribution in [-0.2, 0) is 44.2 Å². The molecule has 0 saturated heterocycles. The zero-order valence-electron chi connectivity index (χ0n) is 10.7. The first-order valence-electron chi connectivity index (χ1n) is 1.88. The molecule has 0 spiro atoms. The van der Waals surface area contributed by atoms with Crippen molar-refractivity contribution < 1.29 is 74.5 Å². The van der Waals surface area contributed by atoms with E-state index >= 15 is 0 Å². The molecule has 0 fully saturated rings. The number of carbonyl (C=O) groups is 3. The maximum absolute atomic E-state index is 9.86. The molecule has 0 aliphatic rings.